The number of hydrazine groups is 1. The van der Waals surface area contributed by atoms with Crippen molar-refractivity contribution in [2.24, 2.45) is 11.8 Å². The molecule has 114 valence electrons. The van der Waals surface area contributed by atoms with E-state index in [1.54, 1.807) is 7.11 Å². The molecular weight excluding hydrogens is 264 g/mol. The number of fused-ring (bicyclic) bond motifs is 1. The summed E-state index contributed by atoms with van der Waals surface area (Å²) >= 11 is 0. The lowest BCUT2D eigenvalue weighted by Crippen LogP contribution is -2.49. The van der Waals surface area contributed by atoms with Gasteiger partial charge in [-0.25, -0.2) is 5.43 Å². The van der Waals surface area contributed by atoms with Gasteiger partial charge in [0.15, 0.2) is 0 Å². The number of furan rings is 1. The smallest absolute Gasteiger partial charge is 0.134 e. The van der Waals surface area contributed by atoms with Gasteiger partial charge >= 0.3 is 0 Å². The molecule has 1 fully saturated rings. The quantitative estimate of drug-likeness (QED) is 0.667. The third-order valence-electron chi connectivity index (χ3n) is 4.95. The van der Waals surface area contributed by atoms with E-state index in [4.69, 9.17) is 15.0 Å². The van der Waals surface area contributed by atoms with Crippen LogP contribution >= 0.6 is 0 Å². The molecule has 3 rings (SSSR count). The SMILES string of the molecule is COC1(C(NN)c2cc3ccccc3o2)CCC(C)CC1. The van der Waals surface area contributed by atoms with E-state index >= 15 is 0 Å². The maximum absolute atomic E-state index is 6.01. The van der Waals surface area contributed by atoms with Crippen molar-refractivity contribution in [3.63, 3.8) is 0 Å². The Labute approximate surface area is 125 Å². The monoisotopic (exact) mass is 288 g/mol. The summed E-state index contributed by atoms with van der Waals surface area (Å²) in [4.78, 5) is 0. The molecule has 1 aliphatic carbocycles. The highest BCUT2D eigenvalue weighted by Crippen LogP contribution is 2.43. The van der Waals surface area contributed by atoms with Crippen LogP contribution in [0.3, 0.4) is 0 Å². The molecule has 1 aromatic heterocycles. The maximum atomic E-state index is 6.01. The highest BCUT2D eigenvalue weighted by Gasteiger charge is 2.43. The zero-order valence-corrected chi connectivity index (χ0v) is 12.8. The predicted octanol–water partition coefficient (Wildman–Crippen LogP) is 3.53. The Kier molecular flexibility index (Phi) is 4.02. The summed E-state index contributed by atoms with van der Waals surface area (Å²) in [5.41, 5.74) is 3.55. The van der Waals surface area contributed by atoms with Crippen LogP contribution in [0.4, 0.5) is 0 Å². The van der Waals surface area contributed by atoms with Crippen LogP contribution in [0.1, 0.15) is 44.4 Å². The van der Waals surface area contributed by atoms with Crippen LogP contribution in [0.5, 0.6) is 0 Å². The molecule has 0 bridgehead atoms. The number of hydrogen-bond donors (Lipinski definition) is 2. The summed E-state index contributed by atoms with van der Waals surface area (Å²) in [7, 11) is 1.78. The first-order chi connectivity index (χ1) is 10.2. The van der Waals surface area contributed by atoms with Crippen molar-refractivity contribution >= 4 is 11.0 Å². The van der Waals surface area contributed by atoms with E-state index in [1.807, 2.05) is 18.2 Å². The van der Waals surface area contributed by atoms with Gasteiger partial charge in [0.2, 0.25) is 0 Å². The largest absolute Gasteiger partial charge is 0.459 e. The Balaban J connectivity index is 1.96. The number of hydrogen-bond acceptors (Lipinski definition) is 4. The summed E-state index contributed by atoms with van der Waals surface area (Å²) in [6.45, 7) is 2.30. The van der Waals surface area contributed by atoms with E-state index < -0.39 is 0 Å². The lowest BCUT2D eigenvalue weighted by Gasteiger charge is -2.42. The number of ether oxygens (including phenoxy) is 1. The van der Waals surface area contributed by atoms with Crippen molar-refractivity contribution < 1.29 is 9.15 Å². The fourth-order valence-electron chi connectivity index (χ4n) is 3.50. The number of benzene rings is 1. The molecule has 0 saturated heterocycles. The molecule has 1 saturated carbocycles. The number of nitrogens with one attached hydrogen (secondary N) is 1. The van der Waals surface area contributed by atoms with E-state index in [0.717, 1.165) is 48.3 Å². The van der Waals surface area contributed by atoms with Crippen molar-refractivity contribution in [3.05, 3.63) is 36.1 Å². The minimum atomic E-state index is -0.283. The minimum absolute atomic E-state index is 0.123. The molecule has 1 aliphatic rings. The molecule has 0 aliphatic heterocycles. The van der Waals surface area contributed by atoms with Crippen molar-refractivity contribution in [2.75, 3.05) is 7.11 Å². The van der Waals surface area contributed by atoms with Gasteiger partial charge in [-0.2, -0.15) is 0 Å². The van der Waals surface area contributed by atoms with Gasteiger partial charge in [0.25, 0.3) is 0 Å². The first-order valence-electron chi connectivity index (χ1n) is 7.68. The standard InChI is InChI=1S/C17H24N2O2/c1-12-7-9-17(20-2,10-8-12)16(19-18)15-11-13-5-3-4-6-14(13)21-15/h3-6,11-12,16,19H,7-10,18H2,1-2H3. The molecule has 1 unspecified atom stereocenters. The molecule has 1 atom stereocenters. The van der Waals surface area contributed by atoms with E-state index in [2.05, 4.69) is 24.5 Å². The zero-order valence-electron chi connectivity index (χ0n) is 12.8. The van der Waals surface area contributed by atoms with Gasteiger partial charge in [0.1, 0.15) is 17.4 Å². The average molecular weight is 288 g/mol. The Morgan fingerprint density at radius 2 is 2.05 bits per heavy atom. The number of rotatable bonds is 4. The van der Waals surface area contributed by atoms with Gasteiger partial charge in [-0.3, -0.25) is 5.84 Å². The molecule has 4 heteroatoms. The van der Waals surface area contributed by atoms with Gasteiger partial charge in [0.05, 0.1) is 5.60 Å². The van der Waals surface area contributed by atoms with E-state index in [9.17, 15) is 0 Å². The number of methoxy groups -OCH3 is 1. The van der Waals surface area contributed by atoms with Crippen molar-refractivity contribution in [1.29, 1.82) is 0 Å². The third-order valence-corrected chi connectivity index (χ3v) is 4.95. The summed E-state index contributed by atoms with van der Waals surface area (Å²) in [5.74, 6) is 7.47. The summed E-state index contributed by atoms with van der Waals surface area (Å²) in [6.07, 6.45) is 4.31. The molecule has 1 aromatic carbocycles. The summed E-state index contributed by atoms with van der Waals surface area (Å²) in [5, 5.41) is 1.10. The summed E-state index contributed by atoms with van der Waals surface area (Å²) < 4.78 is 11.9. The molecule has 21 heavy (non-hydrogen) atoms. The average Bonchev–Trinajstić information content (AvgIpc) is 2.93. The highest BCUT2D eigenvalue weighted by atomic mass is 16.5. The highest BCUT2D eigenvalue weighted by molar-refractivity contribution is 5.77. The second-order valence-corrected chi connectivity index (χ2v) is 6.24. The van der Waals surface area contributed by atoms with Crippen LogP contribution < -0.4 is 11.3 Å². The van der Waals surface area contributed by atoms with Gasteiger partial charge in [-0.1, -0.05) is 25.1 Å². The fraction of sp³-hybridized carbons (Fsp3) is 0.529. The van der Waals surface area contributed by atoms with Gasteiger partial charge in [0, 0.05) is 12.5 Å². The molecule has 0 radical (unpaired) electrons. The van der Waals surface area contributed by atoms with Gasteiger partial charge in [-0.15, -0.1) is 0 Å². The second kappa shape index (κ2) is 5.79. The molecule has 2 aromatic rings. The van der Waals surface area contributed by atoms with Gasteiger partial charge in [-0.05, 0) is 43.7 Å². The zero-order chi connectivity index (χ0) is 14.9. The second-order valence-electron chi connectivity index (χ2n) is 6.24. The van der Waals surface area contributed by atoms with Crippen molar-refractivity contribution in [3.8, 4) is 0 Å². The van der Waals surface area contributed by atoms with E-state index in [-0.39, 0.29) is 11.6 Å². The number of nitrogens with two attached hydrogens (primary N) is 1. The normalized spacial score (nSPS) is 27.9. The summed E-state index contributed by atoms with van der Waals surface area (Å²) in [6, 6.07) is 9.98. The van der Waals surface area contributed by atoms with Crippen LogP contribution in [0.2, 0.25) is 0 Å². The Morgan fingerprint density at radius 1 is 1.33 bits per heavy atom. The first kappa shape index (κ1) is 14.6. The molecular formula is C17H24N2O2. The fourth-order valence-corrected chi connectivity index (χ4v) is 3.50. The van der Waals surface area contributed by atoms with E-state index in [0.29, 0.717) is 0 Å². The number of para-hydroxylation sites is 1. The van der Waals surface area contributed by atoms with Crippen LogP contribution in [-0.2, 0) is 4.74 Å². The van der Waals surface area contributed by atoms with Gasteiger partial charge < -0.3 is 9.15 Å². The lowest BCUT2D eigenvalue weighted by atomic mass is 9.74. The van der Waals surface area contributed by atoms with Crippen LogP contribution in [0, 0.1) is 5.92 Å². The first-order valence-corrected chi connectivity index (χ1v) is 7.68. The Morgan fingerprint density at radius 3 is 2.67 bits per heavy atom. The Hall–Kier alpha value is -1.36. The van der Waals surface area contributed by atoms with Crippen molar-refractivity contribution in [1.82, 2.24) is 5.43 Å². The Bertz CT molecular complexity index is 567. The molecule has 4 nitrogen and oxygen atoms in total. The minimum Gasteiger partial charge on any atom is -0.459 e. The maximum Gasteiger partial charge on any atom is 0.134 e. The lowest BCUT2D eigenvalue weighted by molar-refractivity contribution is -0.0802. The predicted molar refractivity (Wildman–Crippen MR) is 83.7 cm³/mol. The van der Waals surface area contributed by atoms with Crippen LogP contribution in [0.25, 0.3) is 11.0 Å². The molecule has 3 N–H and O–H groups in total. The van der Waals surface area contributed by atoms with Crippen molar-refractivity contribution in [2.45, 2.75) is 44.2 Å². The third kappa shape index (κ3) is 2.59. The van der Waals surface area contributed by atoms with Crippen LogP contribution in [-0.4, -0.2) is 12.7 Å². The molecule has 0 spiro atoms. The molecule has 0 amide bonds. The molecule has 1 heterocycles. The van der Waals surface area contributed by atoms with Crippen LogP contribution in [0.15, 0.2) is 34.7 Å². The van der Waals surface area contributed by atoms with E-state index in [1.165, 1.54) is 0 Å². The topological polar surface area (TPSA) is 60.4 Å².